The number of aromatic nitrogens is 2. The van der Waals surface area contributed by atoms with Crippen LogP contribution in [0, 0.1) is 24.0 Å². The smallest absolute Gasteiger partial charge is 0.282 e. The molecule has 0 unspecified atom stereocenters. The molecule has 3 rings (SSSR count). The van der Waals surface area contributed by atoms with Gasteiger partial charge in [-0.3, -0.25) is 20.0 Å². The van der Waals surface area contributed by atoms with Gasteiger partial charge in [-0.2, -0.15) is 5.10 Å². The molecule has 0 radical (unpaired) electrons. The molecule has 0 saturated heterocycles. The predicted octanol–water partition coefficient (Wildman–Crippen LogP) is 4.58. The zero-order valence-corrected chi connectivity index (χ0v) is 15.9. The van der Waals surface area contributed by atoms with Gasteiger partial charge in [0.05, 0.1) is 10.6 Å². The number of nitro groups is 1. The molecule has 0 spiro atoms. The Kier molecular flexibility index (Phi) is 5.27. The Balaban J connectivity index is 1.87. The van der Waals surface area contributed by atoms with Gasteiger partial charge >= 0.3 is 0 Å². The van der Waals surface area contributed by atoms with Crippen molar-refractivity contribution in [2.75, 3.05) is 11.6 Å². The van der Waals surface area contributed by atoms with Gasteiger partial charge in [-0.1, -0.05) is 17.2 Å². The van der Waals surface area contributed by atoms with Crippen LogP contribution >= 0.6 is 11.8 Å². The highest BCUT2D eigenvalue weighted by atomic mass is 32.2. The lowest BCUT2D eigenvalue weighted by atomic mass is 10.1. The van der Waals surface area contributed by atoms with Gasteiger partial charge in [-0.15, -0.1) is 11.8 Å². The zero-order chi connectivity index (χ0) is 19.6. The second kappa shape index (κ2) is 7.63. The van der Waals surface area contributed by atoms with Gasteiger partial charge < -0.3 is 5.32 Å². The molecular weight excluding hydrogens is 364 g/mol. The summed E-state index contributed by atoms with van der Waals surface area (Å²) in [5, 5.41) is 20.9. The number of nitro benzene ring substituents is 1. The molecule has 0 fully saturated rings. The highest BCUT2D eigenvalue weighted by Gasteiger charge is 2.21. The number of anilines is 1. The van der Waals surface area contributed by atoms with Crippen LogP contribution in [0.1, 0.15) is 21.5 Å². The number of carbonyl (C=O) groups excluding carboxylic acids is 1. The molecule has 27 heavy (non-hydrogen) atoms. The van der Waals surface area contributed by atoms with Gasteiger partial charge in [0.15, 0.2) is 5.82 Å². The third-order valence-electron chi connectivity index (χ3n) is 4.00. The second-order valence-corrected chi connectivity index (χ2v) is 7.02. The number of nitrogens with one attached hydrogen (secondary N) is 2. The number of benzene rings is 2. The summed E-state index contributed by atoms with van der Waals surface area (Å²) in [6, 6.07) is 12.3. The summed E-state index contributed by atoms with van der Waals surface area (Å²) in [4.78, 5) is 24.0. The minimum Gasteiger partial charge on any atom is -0.305 e. The van der Waals surface area contributed by atoms with Gasteiger partial charge in [0.1, 0.15) is 5.56 Å². The minimum atomic E-state index is -0.573. The van der Waals surface area contributed by atoms with Crippen molar-refractivity contribution in [3.63, 3.8) is 0 Å². The maximum atomic E-state index is 12.6. The number of thioether (sulfide) groups is 1. The lowest BCUT2D eigenvalue weighted by molar-refractivity contribution is -0.385. The van der Waals surface area contributed by atoms with Gasteiger partial charge in [0.25, 0.3) is 11.6 Å². The predicted molar refractivity (Wildman–Crippen MR) is 106 cm³/mol. The van der Waals surface area contributed by atoms with Crippen LogP contribution in [0.5, 0.6) is 0 Å². The molecule has 1 heterocycles. The molecule has 0 aliphatic heterocycles. The maximum absolute atomic E-state index is 12.6. The van der Waals surface area contributed by atoms with Crippen molar-refractivity contribution in [3.05, 3.63) is 69.3 Å². The number of aromatic amines is 1. The minimum absolute atomic E-state index is 0.00259. The largest absolute Gasteiger partial charge is 0.305 e. The standard InChI is InChI=1S/C19H18N4O3S/c1-11-6-12(2)8-13(7-11)16-10-18(22-21-16)20-19(24)15-9-14(27-3)4-5-17(15)23(25)26/h4-10H,1-3H3,(H2,20,21,22,24). The first-order chi connectivity index (χ1) is 12.9. The summed E-state index contributed by atoms with van der Waals surface area (Å²) < 4.78 is 0. The van der Waals surface area contributed by atoms with Crippen LogP contribution in [-0.4, -0.2) is 27.3 Å². The summed E-state index contributed by atoms with van der Waals surface area (Å²) in [5.74, 6) is -0.269. The monoisotopic (exact) mass is 382 g/mol. The molecule has 2 N–H and O–H groups in total. The van der Waals surface area contributed by atoms with Crippen LogP contribution in [0.4, 0.5) is 11.5 Å². The summed E-state index contributed by atoms with van der Waals surface area (Å²) in [6.45, 7) is 4.01. The van der Waals surface area contributed by atoms with E-state index in [1.54, 1.807) is 12.1 Å². The highest BCUT2D eigenvalue weighted by Crippen LogP contribution is 2.26. The highest BCUT2D eigenvalue weighted by molar-refractivity contribution is 7.98. The number of aryl methyl sites for hydroxylation is 2. The number of rotatable bonds is 5. The quantitative estimate of drug-likeness (QED) is 0.382. The molecule has 0 aliphatic rings. The van der Waals surface area contributed by atoms with E-state index in [0.29, 0.717) is 5.82 Å². The molecule has 0 saturated carbocycles. The lowest BCUT2D eigenvalue weighted by Crippen LogP contribution is -2.14. The fourth-order valence-corrected chi connectivity index (χ4v) is 3.27. The topological polar surface area (TPSA) is 101 Å². The van der Waals surface area contributed by atoms with Crippen LogP contribution in [0.3, 0.4) is 0 Å². The van der Waals surface area contributed by atoms with Gasteiger partial charge in [0.2, 0.25) is 0 Å². The Morgan fingerprint density at radius 2 is 1.85 bits per heavy atom. The third-order valence-corrected chi connectivity index (χ3v) is 4.72. The van der Waals surface area contributed by atoms with Crippen molar-refractivity contribution in [1.29, 1.82) is 0 Å². The Bertz CT molecular complexity index is 1010. The number of H-pyrrole nitrogens is 1. The zero-order valence-electron chi connectivity index (χ0n) is 15.1. The average Bonchev–Trinajstić information content (AvgIpc) is 3.08. The second-order valence-electron chi connectivity index (χ2n) is 6.14. The van der Waals surface area contributed by atoms with Crippen molar-refractivity contribution in [3.8, 4) is 11.3 Å². The molecule has 0 aliphatic carbocycles. The van der Waals surface area contributed by atoms with E-state index in [1.165, 1.54) is 23.9 Å². The molecule has 3 aromatic rings. The van der Waals surface area contributed by atoms with E-state index < -0.39 is 10.8 Å². The van der Waals surface area contributed by atoms with Crippen molar-refractivity contribution < 1.29 is 9.72 Å². The summed E-state index contributed by atoms with van der Waals surface area (Å²) >= 11 is 1.41. The van der Waals surface area contributed by atoms with E-state index in [-0.39, 0.29) is 11.3 Å². The number of nitrogens with zero attached hydrogens (tertiary/aromatic N) is 2. The summed E-state index contributed by atoms with van der Waals surface area (Å²) in [6.07, 6.45) is 1.84. The first-order valence-electron chi connectivity index (χ1n) is 8.15. The van der Waals surface area contributed by atoms with Gasteiger partial charge in [-0.05, 0) is 44.4 Å². The average molecular weight is 382 g/mol. The molecule has 8 heteroatoms. The molecule has 2 aromatic carbocycles. The van der Waals surface area contributed by atoms with E-state index >= 15 is 0 Å². The fourth-order valence-electron chi connectivity index (χ4n) is 2.83. The van der Waals surface area contributed by atoms with Crippen LogP contribution in [0.15, 0.2) is 47.4 Å². The summed E-state index contributed by atoms with van der Waals surface area (Å²) in [7, 11) is 0. The first kappa shape index (κ1) is 18.7. The molecule has 0 bridgehead atoms. The van der Waals surface area contributed by atoms with Gasteiger partial charge in [-0.25, -0.2) is 0 Å². The molecule has 0 atom stereocenters. The number of carbonyl (C=O) groups is 1. The van der Waals surface area contributed by atoms with E-state index in [2.05, 4.69) is 21.6 Å². The Morgan fingerprint density at radius 1 is 1.15 bits per heavy atom. The SMILES string of the molecule is CSc1ccc([N+](=O)[O-])c(C(=O)Nc2cc(-c3cc(C)cc(C)c3)[nH]n2)c1. The van der Waals surface area contributed by atoms with Crippen molar-refractivity contribution >= 4 is 29.2 Å². The molecular formula is C19H18N4O3S. The fraction of sp³-hybridized carbons (Fsp3) is 0.158. The van der Waals surface area contributed by atoms with Crippen LogP contribution in [-0.2, 0) is 0 Å². The maximum Gasteiger partial charge on any atom is 0.282 e. The van der Waals surface area contributed by atoms with E-state index in [0.717, 1.165) is 27.3 Å². The van der Waals surface area contributed by atoms with Crippen molar-refractivity contribution in [2.24, 2.45) is 0 Å². The molecule has 138 valence electrons. The first-order valence-corrected chi connectivity index (χ1v) is 9.37. The molecule has 1 aromatic heterocycles. The van der Waals surface area contributed by atoms with Crippen LogP contribution < -0.4 is 5.32 Å². The Labute approximate surface area is 160 Å². The van der Waals surface area contributed by atoms with E-state index in [9.17, 15) is 14.9 Å². The van der Waals surface area contributed by atoms with Crippen molar-refractivity contribution in [2.45, 2.75) is 18.7 Å². The Morgan fingerprint density at radius 3 is 2.48 bits per heavy atom. The third kappa shape index (κ3) is 4.17. The number of hydrogen-bond donors (Lipinski definition) is 2. The van der Waals surface area contributed by atoms with Crippen LogP contribution in [0.2, 0.25) is 0 Å². The number of amides is 1. The lowest BCUT2D eigenvalue weighted by Gasteiger charge is -2.05. The summed E-state index contributed by atoms with van der Waals surface area (Å²) in [5.41, 5.74) is 3.71. The van der Waals surface area contributed by atoms with E-state index in [1.807, 2.05) is 32.2 Å². The van der Waals surface area contributed by atoms with E-state index in [4.69, 9.17) is 0 Å². The normalized spacial score (nSPS) is 10.6. The molecule has 7 nitrogen and oxygen atoms in total. The molecule has 1 amide bonds. The Hall–Kier alpha value is -3.13. The van der Waals surface area contributed by atoms with Crippen molar-refractivity contribution in [1.82, 2.24) is 10.2 Å². The number of hydrogen-bond acceptors (Lipinski definition) is 5. The van der Waals surface area contributed by atoms with Crippen LogP contribution in [0.25, 0.3) is 11.3 Å². The van der Waals surface area contributed by atoms with Gasteiger partial charge in [0, 0.05) is 22.6 Å².